The third-order valence-electron chi connectivity index (χ3n) is 5.58. The Morgan fingerprint density at radius 2 is 2.14 bits per heavy atom. The van der Waals surface area contributed by atoms with E-state index < -0.39 is 5.91 Å². The average molecular weight is 391 g/mol. The molecule has 0 radical (unpaired) electrons. The molecule has 1 aliphatic rings. The van der Waals surface area contributed by atoms with Gasteiger partial charge in [-0.2, -0.15) is 0 Å². The third-order valence-corrected chi connectivity index (χ3v) is 5.58. The Morgan fingerprint density at radius 1 is 1.28 bits per heavy atom. The lowest BCUT2D eigenvalue weighted by Crippen LogP contribution is -2.36. The second-order valence-electron chi connectivity index (χ2n) is 7.47. The highest BCUT2D eigenvalue weighted by atomic mass is 16.5. The van der Waals surface area contributed by atoms with Gasteiger partial charge in [0, 0.05) is 35.3 Å². The van der Waals surface area contributed by atoms with Gasteiger partial charge in [0.25, 0.3) is 5.91 Å². The Morgan fingerprint density at radius 3 is 2.97 bits per heavy atom. The second-order valence-corrected chi connectivity index (χ2v) is 7.47. The van der Waals surface area contributed by atoms with E-state index in [1.165, 1.54) is 28.2 Å². The third kappa shape index (κ3) is 4.24. The van der Waals surface area contributed by atoms with E-state index in [1.807, 2.05) is 24.4 Å². The number of hydrogen-bond donors (Lipinski definition) is 5. The van der Waals surface area contributed by atoms with Crippen LogP contribution in [0.1, 0.15) is 34.7 Å². The number of hydrogen-bond acceptors (Lipinski definition) is 4. The normalized spacial score (nSPS) is 17.0. The van der Waals surface area contributed by atoms with Crippen LogP contribution in [-0.2, 0) is 17.6 Å². The summed E-state index contributed by atoms with van der Waals surface area (Å²) in [6.45, 7) is 0.0719. The van der Waals surface area contributed by atoms with E-state index in [-0.39, 0.29) is 18.7 Å². The number of para-hydroxylation sites is 1. The minimum Gasteiger partial charge on any atom is -0.395 e. The quantitative estimate of drug-likeness (QED) is 0.243. The number of carbonyl (C=O) groups is 1. The van der Waals surface area contributed by atoms with Crippen molar-refractivity contribution in [2.45, 2.75) is 31.3 Å². The van der Waals surface area contributed by atoms with Gasteiger partial charge in [0.15, 0.2) is 0 Å². The highest BCUT2D eigenvalue weighted by Gasteiger charge is 2.25. The van der Waals surface area contributed by atoms with Crippen molar-refractivity contribution in [3.05, 3.63) is 77.0 Å². The molecule has 2 atom stereocenters. The van der Waals surface area contributed by atoms with Crippen molar-refractivity contribution in [2.24, 2.45) is 0 Å². The molecule has 2 aromatic carbocycles. The van der Waals surface area contributed by atoms with E-state index in [0.29, 0.717) is 0 Å². The van der Waals surface area contributed by atoms with Crippen LogP contribution in [0.4, 0.5) is 0 Å². The fourth-order valence-electron chi connectivity index (χ4n) is 4.15. The lowest BCUT2D eigenvalue weighted by molar-refractivity contribution is -0.124. The van der Waals surface area contributed by atoms with Crippen molar-refractivity contribution in [3.63, 3.8) is 0 Å². The van der Waals surface area contributed by atoms with E-state index in [9.17, 15) is 9.90 Å². The molecule has 6 heteroatoms. The van der Waals surface area contributed by atoms with Crippen LogP contribution in [0.15, 0.2) is 54.7 Å². The van der Waals surface area contributed by atoms with Gasteiger partial charge < -0.3 is 15.4 Å². The first-order chi connectivity index (χ1) is 14.2. The number of H-pyrrole nitrogens is 1. The lowest BCUT2D eigenvalue weighted by atomic mass is 10.0. The van der Waals surface area contributed by atoms with Crippen molar-refractivity contribution in [1.82, 2.24) is 15.8 Å². The van der Waals surface area contributed by atoms with Gasteiger partial charge in [0.05, 0.1) is 6.61 Å². The van der Waals surface area contributed by atoms with Crippen LogP contribution in [-0.4, -0.2) is 33.9 Å². The minimum atomic E-state index is -0.548. The van der Waals surface area contributed by atoms with Crippen molar-refractivity contribution in [2.75, 3.05) is 6.61 Å². The highest BCUT2D eigenvalue weighted by molar-refractivity contribution is 5.90. The number of aromatic amines is 1. The van der Waals surface area contributed by atoms with Crippen molar-refractivity contribution in [1.29, 1.82) is 0 Å². The number of nitrogens with one attached hydrogen (secondary N) is 3. The van der Waals surface area contributed by atoms with E-state index >= 15 is 0 Å². The molecule has 1 aromatic heterocycles. The SMILES string of the molecule is O=C(/C=C/c1ccc2c(c1)CCC2N[C@@H](CO)Cc1c[nH]c2ccccc12)NO. The Kier molecular flexibility index (Phi) is 5.76. The molecule has 0 bridgehead atoms. The molecule has 5 N–H and O–H groups in total. The second kappa shape index (κ2) is 8.61. The molecule has 29 heavy (non-hydrogen) atoms. The van der Waals surface area contributed by atoms with Gasteiger partial charge in [0.2, 0.25) is 0 Å². The van der Waals surface area contributed by atoms with Crippen LogP contribution >= 0.6 is 0 Å². The van der Waals surface area contributed by atoms with Crippen molar-refractivity contribution in [3.8, 4) is 0 Å². The number of fused-ring (bicyclic) bond motifs is 2. The van der Waals surface area contributed by atoms with Gasteiger partial charge in [-0.3, -0.25) is 10.0 Å². The van der Waals surface area contributed by atoms with Gasteiger partial charge in [0.1, 0.15) is 0 Å². The molecule has 0 aliphatic heterocycles. The summed E-state index contributed by atoms with van der Waals surface area (Å²) in [5.74, 6) is -0.548. The fourth-order valence-corrected chi connectivity index (χ4v) is 4.15. The molecule has 4 rings (SSSR count). The van der Waals surface area contributed by atoms with Gasteiger partial charge in [-0.25, -0.2) is 5.48 Å². The van der Waals surface area contributed by atoms with Crippen LogP contribution in [0.5, 0.6) is 0 Å². The van der Waals surface area contributed by atoms with Crippen LogP contribution in [0.3, 0.4) is 0 Å². The van der Waals surface area contributed by atoms with Crippen molar-refractivity contribution < 1.29 is 15.1 Å². The lowest BCUT2D eigenvalue weighted by Gasteiger charge is -2.22. The highest BCUT2D eigenvalue weighted by Crippen LogP contribution is 2.33. The maximum Gasteiger partial charge on any atom is 0.267 e. The van der Waals surface area contributed by atoms with Gasteiger partial charge in [-0.1, -0.05) is 36.4 Å². The molecule has 0 saturated heterocycles. The summed E-state index contributed by atoms with van der Waals surface area (Å²) in [6.07, 6.45) is 7.69. The number of aryl methyl sites for hydroxylation is 1. The van der Waals surface area contributed by atoms with Crippen LogP contribution in [0.25, 0.3) is 17.0 Å². The monoisotopic (exact) mass is 391 g/mol. The zero-order chi connectivity index (χ0) is 20.2. The zero-order valence-electron chi connectivity index (χ0n) is 16.1. The number of amides is 1. The average Bonchev–Trinajstić information content (AvgIpc) is 3.35. The molecule has 0 saturated carbocycles. The predicted molar refractivity (Wildman–Crippen MR) is 112 cm³/mol. The zero-order valence-corrected chi connectivity index (χ0v) is 16.1. The molecule has 3 aromatic rings. The summed E-state index contributed by atoms with van der Waals surface area (Å²) in [6, 6.07) is 14.5. The summed E-state index contributed by atoms with van der Waals surface area (Å²) in [4.78, 5) is 14.5. The van der Waals surface area contributed by atoms with E-state index in [0.717, 1.165) is 30.3 Å². The predicted octanol–water partition coefficient (Wildman–Crippen LogP) is 2.87. The summed E-state index contributed by atoms with van der Waals surface area (Å²) >= 11 is 0. The minimum absolute atomic E-state index is 0.0296. The van der Waals surface area contributed by atoms with E-state index in [2.05, 4.69) is 34.6 Å². The molecule has 1 heterocycles. The number of hydroxylamine groups is 1. The van der Waals surface area contributed by atoms with E-state index in [1.54, 1.807) is 11.6 Å². The first-order valence-electron chi connectivity index (χ1n) is 9.85. The Bertz CT molecular complexity index is 1040. The number of benzene rings is 2. The molecule has 0 fully saturated rings. The van der Waals surface area contributed by atoms with Crippen LogP contribution in [0.2, 0.25) is 0 Å². The molecule has 150 valence electrons. The maximum absolute atomic E-state index is 11.2. The number of carbonyl (C=O) groups excluding carboxylic acids is 1. The van der Waals surface area contributed by atoms with Crippen LogP contribution < -0.4 is 10.8 Å². The molecule has 0 spiro atoms. The molecule has 1 aliphatic carbocycles. The fraction of sp³-hybridized carbons (Fsp3) is 0.261. The Hall–Kier alpha value is -2.93. The maximum atomic E-state index is 11.2. The van der Waals surface area contributed by atoms with Crippen molar-refractivity contribution >= 4 is 22.9 Å². The standard InChI is InChI=1S/C23H25N3O3/c27-14-18(12-17-13-24-21-4-2-1-3-19(17)21)25-22-9-7-16-11-15(5-8-20(16)22)6-10-23(28)26-29/h1-6,8,10-11,13,18,22,24-25,27,29H,7,9,12,14H2,(H,26,28)/b10-6+/t18-,22?/m1/s1. The Balaban J connectivity index is 1.46. The topological polar surface area (TPSA) is 97.4 Å². The number of aromatic nitrogens is 1. The number of aliphatic hydroxyl groups excluding tert-OH is 1. The van der Waals surface area contributed by atoms with Gasteiger partial charge >= 0.3 is 0 Å². The number of aliphatic hydroxyl groups is 1. The van der Waals surface area contributed by atoms with Gasteiger partial charge in [-0.15, -0.1) is 0 Å². The number of rotatable bonds is 7. The first-order valence-corrected chi connectivity index (χ1v) is 9.85. The molecular formula is C23H25N3O3. The van der Waals surface area contributed by atoms with Crippen LogP contribution in [0, 0.1) is 0 Å². The van der Waals surface area contributed by atoms with E-state index in [4.69, 9.17) is 5.21 Å². The summed E-state index contributed by atoms with van der Waals surface area (Å²) in [7, 11) is 0. The molecule has 1 amide bonds. The smallest absolute Gasteiger partial charge is 0.267 e. The largest absolute Gasteiger partial charge is 0.395 e. The summed E-state index contributed by atoms with van der Waals surface area (Å²) in [5, 5.41) is 23.4. The molecule has 6 nitrogen and oxygen atoms in total. The Labute approximate surface area is 169 Å². The first kappa shape index (κ1) is 19.4. The molecule has 1 unspecified atom stereocenters. The van der Waals surface area contributed by atoms with Gasteiger partial charge in [-0.05, 0) is 53.7 Å². The summed E-state index contributed by atoms with van der Waals surface area (Å²) in [5.41, 5.74) is 7.32. The summed E-state index contributed by atoms with van der Waals surface area (Å²) < 4.78 is 0. The molecular weight excluding hydrogens is 366 g/mol.